The summed E-state index contributed by atoms with van der Waals surface area (Å²) in [5.74, 6) is 0. The topological polar surface area (TPSA) is 59.1 Å². The number of thiazole rings is 1. The van der Waals surface area contributed by atoms with Crippen molar-refractivity contribution < 1.29 is 5.11 Å². The first kappa shape index (κ1) is 9.64. The molecule has 1 rings (SSSR count). The van der Waals surface area contributed by atoms with E-state index in [0.29, 0.717) is 6.42 Å². The zero-order valence-corrected chi connectivity index (χ0v) is 7.81. The predicted octanol–water partition coefficient (Wildman–Crippen LogP) is 0.569. The highest BCUT2D eigenvalue weighted by Crippen LogP contribution is 2.14. The molecule has 3 N–H and O–H groups in total. The summed E-state index contributed by atoms with van der Waals surface area (Å²) in [6.45, 7) is 0.914. The van der Waals surface area contributed by atoms with Crippen molar-refractivity contribution in [1.82, 2.24) is 4.98 Å². The van der Waals surface area contributed by atoms with E-state index in [9.17, 15) is 0 Å². The van der Waals surface area contributed by atoms with E-state index in [1.165, 1.54) is 4.88 Å². The largest absolute Gasteiger partial charge is 0.396 e. The van der Waals surface area contributed by atoms with Gasteiger partial charge in [0.25, 0.3) is 0 Å². The zero-order chi connectivity index (χ0) is 8.81. The van der Waals surface area contributed by atoms with Gasteiger partial charge in [0.05, 0.1) is 5.01 Å². The highest BCUT2D eigenvalue weighted by molar-refractivity contribution is 7.11. The molecule has 68 valence electrons. The van der Waals surface area contributed by atoms with Gasteiger partial charge in [0, 0.05) is 24.1 Å². The molecule has 0 aliphatic heterocycles. The molecule has 1 aromatic heterocycles. The van der Waals surface area contributed by atoms with Gasteiger partial charge in [-0.1, -0.05) is 0 Å². The molecule has 3 nitrogen and oxygen atoms in total. The van der Waals surface area contributed by atoms with Crippen LogP contribution in [0, 0.1) is 0 Å². The van der Waals surface area contributed by atoms with E-state index in [1.807, 2.05) is 6.20 Å². The summed E-state index contributed by atoms with van der Waals surface area (Å²) in [5, 5.41) is 9.67. The Hall–Kier alpha value is -0.450. The van der Waals surface area contributed by atoms with Crippen LogP contribution in [0.1, 0.15) is 16.3 Å². The lowest BCUT2D eigenvalue weighted by atomic mass is 10.3. The number of hydrogen-bond donors (Lipinski definition) is 2. The SMILES string of the molecule is NCCCc1cnc(CCO)s1. The summed E-state index contributed by atoms with van der Waals surface area (Å²) in [5.41, 5.74) is 5.39. The molecule has 0 amide bonds. The van der Waals surface area contributed by atoms with Crippen LogP contribution in [-0.4, -0.2) is 23.2 Å². The van der Waals surface area contributed by atoms with Crippen molar-refractivity contribution in [3.63, 3.8) is 0 Å². The second-order valence-electron chi connectivity index (χ2n) is 2.59. The van der Waals surface area contributed by atoms with Crippen molar-refractivity contribution in [3.8, 4) is 0 Å². The fourth-order valence-corrected chi connectivity index (χ4v) is 1.90. The average Bonchev–Trinajstić information content (AvgIpc) is 2.50. The summed E-state index contributed by atoms with van der Waals surface area (Å²) in [6.07, 6.45) is 4.58. The maximum atomic E-state index is 8.65. The van der Waals surface area contributed by atoms with Gasteiger partial charge in [-0.3, -0.25) is 0 Å². The van der Waals surface area contributed by atoms with Gasteiger partial charge in [-0.05, 0) is 19.4 Å². The molecule has 0 saturated heterocycles. The molecule has 0 spiro atoms. The molecule has 0 aliphatic rings. The van der Waals surface area contributed by atoms with Crippen molar-refractivity contribution in [2.75, 3.05) is 13.2 Å². The molecule has 0 aromatic carbocycles. The fraction of sp³-hybridized carbons (Fsp3) is 0.625. The summed E-state index contributed by atoms with van der Waals surface area (Å²) in [4.78, 5) is 5.44. The van der Waals surface area contributed by atoms with Gasteiger partial charge in [0.1, 0.15) is 0 Å². The van der Waals surface area contributed by atoms with Gasteiger partial charge in [0.2, 0.25) is 0 Å². The highest BCUT2D eigenvalue weighted by atomic mass is 32.1. The Morgan fingerprint density at radius 2 is 2.33 bits per heavy atom. The minimum atomic E-state index is 0.184. The molecule has 1 heterocycles. The highest BCUT2D eigenvalue weighted by Gasteiger charge is 2.00. The summed E-state index contributed by atoms with van der Waals surface area (Å²) >= 11 is 1.67. The summed E-state index contributed by atoms with van der Waals surface area (Å²) in [7, 11) is 0. The molecule has 1 aromatic rings. The normalized spacial score (nSPS) is 10.5. The van der Waals surface area contributed by atoms with Gasteiger partial charge >= 0.3 is 0 Å². The van der Waals surface area contributed by atoms with Crippen LogP contribution in [0.3, 0.4) is 0 Å². The third-order valence-corrected chi connectivity index (χ3v) is 2.67. The lowest BCUT2D eigenvalue weighted by Gasteiger charge is -1.91. The van der Waals surface area contributed by atoms with E-state index < -0.39 is 0 Å². The Bertz CT molecular complexity index is 225. The molecule has 0 bridgehead atoms. The lowest BCUT2D eigenvalue weighted by Crippen LogP contribution is -1.99. The van der Waals surface area contributed by atoms with Crippen LogP contribution in [0.5, 0.6) is 0 Å². The zero-order valence-electron chi connectivity index (χ0n) is 6.99. The van der Waals surface area contributed by atoms with Crippen LogP contribution in [0.15, 0.2) is 6.20 Å². The van der Waals surface area contributed by atoms with E-state index >= 15 is 0 Å². The van der Waals surface area contributed by atoms with E-state index in [0.717, 1.165) is 24.4 Å². The van der Waals surface area contributed by atoms with E-state index in [1.54, 1.807) is 11.3 Å². The molecule has 12 heavy (non-hydrogen) atoms. The number of aliphatic hydroxyl groups excluding tert-OH is 1. The number of nitrogens with zero attached hydrogens (tertiary/aromatic N) is 1. The molecule has 4 heteroatoms. The van der Waals surface area contributed by atoms with E-state index in [2.05, 4.69) is 4.98 Å². The number of aromatic nitrogens is 1. The molecule has 0 aliphatic carbocycles. The van der Waals surface area contributed by atoms with Gasteiger partial charge in [0.15, 0.2) is 0 Å². The third-order valence-electron chi connectivity index (χ3n) is 1.55. The van der Waals surface area contributed by atoms with Crippen LogP contribution >= 0.6 is 11.3 Å². The van der Waals surface area contributed by atoms with Crippen molar-refractivity contribution >= 4 is 11.3 Å². The third kappa shape index (κ3) is 2.89. The smallest absolute Gasteiger partial charge is 0.0950 e. The molecular weight excluding hydrogens is 172 g/mol. The molecular formula is C8H14N2OS. The molecule has 0 atom stereocenters. The predicted molar refractivity (Wildman–Crippen MR) is 50.3 cm³/mol. The van der Waals surface area contributed by atoms with Gasteiger partial charge in [-0.2, -0.15) is 0 Å². The fourth-order valence-electron chi connectivity index (χ4n) is 0.951. The minimum absolute atomic E-state index is 0.184. The van der Waals surface area contributed by atoms with Crippen molar-refractivity contribution in [2.45, 2.75) is 19.3 Å². The van der Waals surface area contributed by atoms with Crippen LogP contribution in [0.4, 0.5) is 0 Å². The average molecular weight is 186 g/mol. The number of aryl methyl sites for hydroxylation is 1. The number of nitrogens with two attached hydrogens (primary N) is 1. The van der Waals surface area contributed by atoms with Gasteiger partial charge in [-0.15, -0.1) is 11.3 Å². The maximum Gasteiger partial charge on any atom is 0.0950 e. The quantitative estimate of drug-likeness (QED) is 0.706. The first-order valence-corrected chi connectivity index (χ1v) is 4.93. The molecule has 0 unspecified atom stereocenters. The standard InChI is InChI=1S/C8H14N2OS/c9-4-1-2-7-6-10-8(12-7)3-5-11/h6,11H,1-5,9H2. The molecule has 0 fully saturated rings. The summed E-state index contributed by atoms with van der Waals surface area (Å²) in [6, 6.07) is 0. The second kappa shape index (κ2) is 5.24. The van der Waals surface area contributed by atoms with Crippen molar-refractivity contribution in [2.24, 2.45) is 5.73 Å². The molecule has 0 saturated carbocycles. The lowest BCUT2D eigenvalue weighted by molar-refractivity contribution is 0.299. The Labute approximate surface area is 76.3 Å². The van der Waals surface area contributed by atoms with E-state index in [-0.39, 0.29) is 6.61 Å². The molecule has 0 radical (unpaired) electrons. The first-order chi connectivity index (χ1) is 5.86. The monoisotopic (exact) mass is 186 g/mol. The Morgan fingerprint density at radius 1 is 1.50 bits per heavy atom. The van der Waals surface area contributed by atoms with E-state index in [4.69, 9.17) is 10.8 Å². The van der Waals surface area contributed by atoms with Crippen LogP contribution in [0.25, 0.3) is 0 Å². The maximum absolute atomic E-state index is 8.65. The first-order valence-electron chi connectivity index (χ1n) is 4.11. The van der Waals surface area contributed by atoms with Crippen LogP contribution in [0.2, 0.25) is 0 Å². The number of rotatable bonds is 5. The summed E-state index contributed by atoms with van der Waals surface area (Å²) < 4.78 is 0. The van der Waals surface area contributed by atoms with Crippen molar-refractivity contribution in [1.29, 1.82) is 0 Å². The second-order valence-corrected chi connectivity index (χ2v) is 3.79. The Balaban J connectivity index is 2.41. The van der Waals surface area contributed by atoms with Crippen LogP contribution < -0.4 is 5.73 Å². The Morgan fingerprint density at radius 3 is 3.00 bits per heavy atom. The number of aliphatic hydroxyl groups is 1. The van der Waals surface area contributed by atoms with Gasteiger partial charge in [-0.25, -0.2) is 4.98 Å². The van der Waals surface area contributed by atoms with Crippen LogP contribution in [-0.2, 0) is 12.8 Å². The van der Waals surface area contributed by atoms with Gasteiger partial charge < -0.3 is 10.8 Å². The minimum Gasteiger partial charge on any atom is -0.396 e. The van der Waals surface area contributed by atoms with Crippen molar-refractivity contribution in [3.05, 3.63) is 16.1 Å². The number of hydrogen-bond acceptors (Lipinski definition) is 4. The Kier molecular flexibility index (Phi) is 4.21.